The molecule has 0 radical (unpaired) electrons. The van der Waals surface area contributed by atoms with Gasteiger partial charge in [0, 0.05) is 19.0 Å². The van der Waals surface area contributed by atoms with E-state index >= 15 is 0 Å². The summed E-state index contributed by atoms with van der Waals surface area (Å²) in [6.07, 6.45) is -0.141. The Hall–Kier alpha value is -1.91. The maximum atomic E-state index is 13.4. The van der Waals surface area contributed by atoms with Gasteiger partial charge in [-0.05, 0) is 29.7 Å². The largest absolute Gasteiger partial charge is 0.482 e. The van der Waals surface area contributed by atoms with Gasteiger partial charge in [-0.25, -0.2) is 4.39 Å². The van der Waals surface area contributed by atoms with Crippen molar-refractivity contribution in [3.63, 3.8) is 0 Å². The second-order valence-electron chi connectivity index (χ2n) is 5.59. The smallest absolute Gasteiger partial charge is 0.154 e. The van der Waals surface area contributed by atoms with Crippen LogP contribution in [0.5, 0.6) is 5.75 Å². The molecule has 110 valence electrons. The first kappa shape index (κ1) is 14.0. The van der Waals surface area contributed by atoms with Gasteiger partial charge in [0.2, 0.25) is 0 Å². The average molecular weight is 287 g/mol. The first-order valence-corrected chi connectivity index (χ1v) is 6.96. The molecule has 0 unspecified atom stereocenters. The van der Waals surface area contributed by atoms with Crippen LogP contribution in [-0.4, -0.2) is 17.3 Å². The van der Waals surface area contributed by atoms with Gasteiger partial charge in [-0.2, -0.15) is 0 Å². The summed E-state index contributed by atoms with van der Waals surface area (Å²) in [6.45, 7) is 1.93. The van der Waals surface area contributed by atoms with Crippen molar-refractivity contribution in [2.24, 2.45) is 5.73 Å². The van der Waals surface area contributed by atoms with Crippen molar-refractivity contribution in [3.8, 4) is 5.75 Å². The molecule has 0 amide bonds. The molecule has 1 aliphatic rings. The van der Waals surface area contributed by atoms with Crippen molar-refractivity contribution >= 4 is 0 Å². The Balaban J connectivity index is 2.01. The average Bonchev–Trinajstić information content (AvgIpc) is 2.76. The number of benzene rings is 2. The topological polar surface area (TPSA) is 55.5 Å². The highest BCUT2D eigenvalue weighted by Gasteiger charge is 2.45. The predicted octanol–water partition coefficient (Wildman–Crippen LogP) is 2.50. The lowest BCUT2D eigenvalue weighted by molar-refractivity contribution is -0.0441. The number of rotatable bonds is 3. The number of fused-ring (bicyclic) bond motifs is 1. The fourth-order valence-corrected chi connectivity index (χ4v) is 2.84. The molecule has 2 atom stereocenters. The molecule has 0 aromatic heterocycles. The van der Waals surface area contributed by atoms with Crippen molar-refractivity contribution in [1.29, 1.82) is 0 Å². The minimum absolute atomic E-state index is 0.0840. The fraction of sp³-hybridized carbons (Fsp3) is 0.294. The highest BCUT2D eigenvalue weighted by atomic mass is 19.1. The van der Waals surface area contributed by atoms with Crippen LogP contribution in [0, 0.1) is 12.7 Å². The molecule has 3 rings (SSSR count). The van der Waals surface area contributed by atoms with Crippen molar-refractivity contribution < 1.29 is 14.2 Å². The molecule has 3 N–H and O–H groups in total. The van der Waals surface area contributed by atoms with Gasteiger partial charge in [-0.15, -0.1) is 0 Å². The molecular formula is C17H18FNO2. The zero-order valence-electron chi connectivity index (χ0n) is 11.8. The molecule has 2 aromatic carbocycles. The van der Waals surface area contributed by atoms with Gasteiger partial charge in [0.15, 0.2) is 6.10 Å². The third-order valence-electron chi connectivity index (χ3n) is 4.07. The Bertz CT molecular complexity index is 674. The Morgan fingerprint density at radius 1 is 1.33 bits per heavy atom. The molecule has 0 saturated carbocycles. The van der Waals surface area contributed by atoms with Gasteiger partial charge in [0.05, 0.1) is 0 Å². The lowest BCUT2D eigenvalue weighted by Gasteiger charge is -2.30. The van der Waals surface area contributed by atoms with E-state index in [1.165, 1.54) is 12.1 Å². The molecule has 0 saturated heterocycles. The summed E-state index contributed by atoms with van der Waals surface area (Å²) in [4.78, 5) is 0. The van der Waals surface area contributed by atoms with Gasteiger partial charge < -0.3 is 15.6 Å². The molecule has 21 heavy (non-hydrogen) atoms. The molecule has 0 bridgehead atoms. The number of hydrogen-bond donors (Lipinski definition) is 2. The van der Waals surface area contributed by atoms with Crippen LogP contribution in [0.2, 0.25) is 0 Å². The van der Waals surface area contributed by atoms with Crippen molar-refractivity contribution in [2.45, 2.75) is 25.0 Å². The second-order valence-corrected chi connectivity index (χ2v) is 5.59. The lowest BCUT2D eigenvalue weighted by Crippen LogP contribution is -2.44. The van der Waals surface area contributed by atoms with Crippen molar-refractivity contribution in [3.05, 3.63) is 65.0 Å². The minimum Gasteiger partial charge on any atom is -0.482 e. The van der Waals surface area contributed by atoms with E-state index in [1.54, 1.807) is 6.07 Å². The van der Waals surface area contributed by atoms with Crippen LogP contribution < -0.4 is 10.5 Å². The SMILES string of the molecule is Cc1ccc(F)cc1O[C@@H]1c2ccccc2C[C@]1(O)CN. The minimum atomic E-state index is -1.16. The van der Waals surface area contributed by atoms with E-state index in [0.29, 0.717) is 12.2 Å². The summed E-state index contributed by atoms with van der Waals surface area (Å²) in [7, 11) is 0. The Kier molecular flexibility index (Phi) is 3.43. The number of nitrogens with two attached hydrogens (primary N) is 1. The Morgan fingerprint density at radius 2 is 2.10 bits per heavy atom. The van der Waals surface area contributed by atoms with E-state index in [1.807, 2.05) is 31.2 Å². The highest BCUT2D eigenvalue weighted by Crippen LogP contribution is 2.42. The Labute approximate surface area is 123 Å². The van der Waals surface area contributed by atoms with Crippen LogP contribution in [0.1, 0.15) is 22.8 Å². The summed E-state index contributed by atoms with van der Waals surface area (Å²) in [5, 5.41) is 10.8. The Morgan fingerprint density at radius 3 is 2.86 bits per heavy atom. The number of halogens is 1. The molecule has 0 fully saturated rings. The van der Waals surface area contributed by atoms with Crippen LogP contribution in [0.4, 0.5) is 4.39 Å². The normalized spacial score (nSPS) is 23.9. The predicted molar refractivity (Wildman–Crippen MR) is 78.7 cm³/mol. The first-order valence-electron chi connectivity index (χ1n) is 6.96. The third-order valence-corrected chi connectivity index (χ3v) is 4.07. The molecular weight excluding hydrogens is 269 g/mol. The van der Waals surface area contributed by atoms with Crippen LogP contribution in [0.15, 0.2) is 42.5 Å². The fourth-order valence-electron chi connectivity index (χ4n) is 2.84. The van der Waals surface area contributed by atoms with Crippen LogP contribution >= 0.6 is 0 Å². The van der Waals surface area contributed by atoms with Crippen molar-refractivity contribution in [2.75, 3.05) is 6.54 Å². The molecule has 3 nitrogen and oxygen atoms in total. The molecule has 1 aliphatic carbocycles. The third kappa shape index (κ3) is 2.41. The van der Waals surface area contributed by atoms with Crippen LogP contribution in [0.25, 0.3) is 0 Å². The second kappa shape index (κ2) is 5.13. The van der Waals surface area contributed by atoms with E-state index in [2.05, 4.69) is 0 Å². The van der Waals surface area contributed by atoms with Crippen molar-refractivity contribution in [1.82, 2.24) is 0 Å². The summed E-state index contributed by atoms with van der Waals surface area (Å²) in [5.41, 5.74) is 7.34. The quantitative estimate of drug-likeness (QED) is 0.912. The van der Waals surface area contributed by atoms with E-state index < -0.39 is 11.7 Å². The highest BCUT2D eigenvalue weighted by molar-refractivity contribution is 5.41. The molecule has 2 aromatic rings. The molecule has 0 spiro atoms. The molecule has 0 heterocycles. The summed E-state index contributed by atoms with van der Waals surface area (Å²) in [5.74, 6) is 0.0711. The molecule has 4 heteroatoms. The summed E-state index contributed by atoms with van der Waals surface area (Å²) >= 11 is 0. The number of aryl methyl sites for hydroxylation is 1. The van der Waals surface area contributed by atoms with E-state index in [4.69, 9.17) is 10.5 Å². The maximum absolute atomic E-state index is 13.4. The first-order chi connectivity index (χ1) is 10.0. The van der Waals surface area contributed by atoms with Crippen LogP contribution in [-0.2, 0) is 6.42 Å². The van der Waals surface area contributed by atoms with Gasteiger partial charge >= 0.3 is 0 Å². The van der Waals surface area contributed by atoms with Gasteiger partial charge in [-0.3, -0.25) is 0 Å². The van der Waals surface area contributed by atoms with Gasteiger partial charge in [0.25, 0.3) is 0 Å². The molecule has 0 aliphatic heterocycles. The number of hydrogen-bond acceptors (Lipinski definition) is 3. The van der Waals surface area contributed by atoms with Gasteiger partial charge in [-0.1, -0.05) is 30.3 Å². The summed E-state index contributed by atoms with van der Waals surface area (Å²) in [6, 6.07) is 12.1. The van der Waals surface area contributed by atoms with E-state index in [-0.39, 0.29) is 12.4 Å². The van der Waals surface area contributed by atoms with E-state index in [9.17, 15) is 9.50 Å². The zero-order valence-corrected chi connectivity index (χ0v) is 11.8. The maximum Gasteiger partial charge on any atom is 0.154 e. The zero-order chi connectivity index (χ0) is 15.0. The van der Waals surface area contributed by atoms with Gasteiger partial charge in [0.1, 0.15) is 17.2 Å². The monoisotopic (exact) mass is 287 g/mol. The van der Waals surface area contributed by atoms with Crippen LogP contribution in [0.3, 0.4) is 0 Å². The van der Waals surface area contributed by atoms with E-state index in [0.717, 1.165) is 16.7 Å². The standard InChI is InChI=1S/C17H18FNO2/c1-11-6-7-13(18)8-15(11)21-16-14-5-3-2-4-12(14)9-17(16,20)10-19/h2-8,16,20H,9-10,19H2,1H3/t16-,17+/m1/s1. The summed E-state index contributed by atoms with van der Waals surface area (Å²) < 4.78 is 19.4. The number of aliphatic hydroxyl groups is 1. The lowest BCUT2D eigenvalue weighted by atomic mass is 9.97. The number of ether oxygens (including phenoxy) is 1.